The summed E-state index contributed by atoms with van der Waals surface area (Å²) in [5.41, 5.74) is 0. The summed E-state index contributed by atoms with van der Waals surface area (Å²) in [7, 11) is 3.25. The molecule has 2 aliphatic heterocycles. The first-order chi connectivity index (χ1) is 6.23. The number of halogens is 1. The summed E-state index contributed by atoms with van der Waals surface area (Å²) < 4.78 is 16.2. The third-order valence-electron chi connectivity index (χ3n) is 2.86. The predicted molar refractivity (Wildman–Crippen MR) is 47.9 cm³/mol. The van der Waals surface area contributed by atoms with Crippen molar-refractivity contribution < 1.29 is 14.2 Å². The topological polar surface area (TPSA) is 39.7 Å². The molecule has 13 heavy (non-hydrogen) atoms. The van der Waals surface area contributed by atoms with Gasteiger partial charge >= 0.3 is 0 Å². The molecule has 4 nitrogen and oxygen atoms in total. The summed E-state index contributed by atoms with van der Waals surface area (Å²) in [6.07, 6.45) is 0.00145. The lowest BCUT2D eigenvalue weighted by Crippen LogP contribution is -2.51. The molecule has 0 bridgehead atoms. The quantitative estimate of drug-likeness (QED) is 0.509. The van der Waals surface area contributed by atoms with Crippen LogP contribution in [0.4, 0.5) is 0 Å². The largest absolute Gasteiger partial charge is 0.369 e. The van der Waals surface area contributed by atoms with Gasteiger partial charge in [-0.1, -0.05) is 0 Å². The number of ether oxygens (including phenoxy) is 3. The molecule has 76 valence electrons. The first-order valence-corrected chi connectivity index (χ1v) is 4.76. The van der Waals surface area contributed by atoms with Crippen molar-refractivity contribution in [3.8, 4) is 0 Å². The Morgan fingerprint density at radius 3 is 2.77 bits per heavy atom. The average molecular weight is 208 g/mol. The van der Waals surface area contributed by atoms with Gasteiger partial charge in [0.05, 0.1) is 17.5 Å². The predicted octanol–water partition coefficient (Wildman–Crippen LogP) is -0.0465. The molecule has 1 N–H and O–H groups in total. The van der Waals surface area contributed by atoms with Crippen LogP contribution in [0.5, 0.6) is 0 Å². The zero-order valence-corrected chi connectivity index (χ0v) is 8.50. The number of hydrogen-bond donors (Lipinski definition) is 1. The summed E-state index contributed by atoms with van der Waals surface area (Å²) in [5, 5.41) is 3.27. The van der Waals surface area contributed by atoms with Crippen LogP contribution in [0.1, 0.15) is 0 Å². The van der Waals surface area contributed by atoms with Crippen LogP contribution in [-0.4, -0.2) is 50.7 Å². The van der Waals surface area contributed by atoms with Gasteiger partial charge in [0, 0.05) is 20.8 Å². The first-order valence-electron chi connectivity index (χ1n) is 4.33. The highest BCUT2D eigenvalue weighted by Gasteiger charge is 2.56. The van der Waals surface area contributed by atoms with Gasteiger partial charge in [0.2, 0.25) is 5.79 Å². The van der Waals surface area contributed by atoms with Gasteiger partial charge in [0.1, 0.15) is 6.61 Å². The van der Waals surface area contributed by atoms with Crippen LogP contribution in [0.2, 0.25) is 0 Å². The summed E-state index contributed by atoms with van der Waals surface area (Å²) >= 11 is 6.06. The molecule has 0 aromatic carbocycles. The van der Waals surface area contributed by atoms with Gasteiger partial charge in [-0.2, -0.15) is 0 Å². The van der Waals surface area contributed by atoms with E-state index in [0.717, 1.165) is 6.54 Å². The second kappa shape index (κ2) is 3.37. The molecule has 3 atom stereocenters. The van der Waals surface area contributed by atoms with Gasteiger partial charge in [-0.15, -0.1) is 11.6 Å². The van der Waals surface area contributed by atoms with E-state index in [1.165, 1.54) is 0 Å². The molecule has 2 rings (SSSR count). The Balaban J connectivity index is 2.17. The molecule has 2 heterocycles. The lowest BCUT2D eigenvalue weighted by Gasteiger charge is -2.29. The number of fused-ring (bicyclic) bond motifs is 1. The summed E-state index contributed by atoms with van der Waals surface area (Å²) in [6, 6.07) is 0.0463. The molecule has 0 aromatic heterocycles. The standard InChI is InChI=1S/C8H14ClNO3/c1-11-8(12-2)4-13-6-5(9)3-10-7(6)8/h5-7,10H,3-4H2,1-2H3/t5-,6-,7+/m1/s1. The van der Waals surface area contributed by atoms with Crippen molar-refractivity contribution in [2.75, 3.05) is 27.4 Å². The van der Waals surface area contributed by atoms with Crippen molar-refractivity contribution in [1.82, 2.24) is 5.32 Å². The number of rotatable bonds is 2. The zero-order chi connectivity index (χ0) is 9.47. The number of alkyl halides is 1. The maximum absolute atomic E-state index is 6.06. The van der Waals surface area contributed by atoms with E-state index in [1.54, 1.807) is 14.2 Å². The van der Waals surface area contributed by atoms with E-state index in [2.05, 4.69) is 5.32 Å². The van der Waals surface area contributed by atoms with Crippen molar-refractivity contribution >= 4 is 11.6 Å². The molecule has 0 aliphatic carbocycles. The van der Waals surface area contributed by atoms with Crippen molar-refractivity contribution in [3.05, 3.63) is 0 Å². The smallest absolute Gasteiger partial charge is 0.209 e. The Hall–Kier alpha value is 0.130. The van der Waals surface area contributed by atoms with Crippen LogP contribution in [0.3, 0.4) is 0 Å². The summed E-state index contributed by atoms with van der Waals surface area (Å²) in [4.78, 5) is 0. The van der Waals surface area contributed by atoms with Gasteiger partial charge in [0.25, 0.3) is 0 Å². The molecule has 0 amide bonds. The third kappa shape index (κ3) is 1.28. The van der Waals surface area contributed by atoms with E-state index in [4.69, 9.17) is 25.8 Å². The number of methoxy groups -OCH3 is 2. The van der Waals surface area contributed by atoms with Crippen molar-refractivity contribution in [2.24, 2.45) is 0 Å². The highest BCUT2D eigenvalue weighted by molar-refractivity contribution is 6.21. The maximum Gasteiger partial charge on any atom is 0.209 e. The molecule has 0 aromatic rings. The van der Waals surface area contributed by atoms with Crippen LogP contribution in [0, 0.1) is 0 Å². The Morgan fingerprint density at radius 2 is 2.15 bits per heavy atom. The Kier molecular flexibility index (Phi) is 2.51. The molecule has 2 saturated heterocycles. The fourth-order valence-corrected chi connectivity index (χ4v) is 2.35. The van der Waals surface area contributed by atoms with E-state index in [0.29, 0.717) is 6.61 Å². The van der Waals surface area contributed by atoms with Crippen LogP contribution in [0.25, 0.3) is 0 Å². The third-order valence-corrected chi connectivity index (χ3v) is 3.26. The molecule has 5 heteroatoms. The minimum Gasteiger partial charge on any atom is -0.369 e. The monoisotopic (exact) mass is 207 g/mol. The van der Waals surface area contributed by atoms with E-state index in [1.807, 2.05) is 0 Å². The van der Waals surface area contributed by atoms with E-state index >= 15 is 0 Å². The highest BCUT2D eigenvalue weighted by atomic mass is 35.5. The number of hydrogen-bond acceptors (Lipinski definition) is 4. The second-order valence-corrected chi connectivity index (χ2v) is 3.96. The number of nitrogens with one attached hydrogen (secondary N) is 1. The Morgan fingerprint density at radius 1 is 1.46 bits per heavy atom. The van der Waals surface area contributed by atoms with Crippen LogP contribution in [0.15, 0.2) is 0 Å². The highest BCUT2D eigenvalue weighted by Crippen LogP contribution is 2.35. The summed E-state index contributed by atoms with van der Waals surface area (Å²) in [6.45, 7) is 1.18. The van der Waals surface area contributed by atoms with Crippen molar-refractivity contribution in [3.63, 3.8) is 0 Å². The molecule has 0 saturated carbocycles. The Labute approximate surface area is 82.5 Å². The summed E-state index contributed by atoms with van der Waals surface area (Å²) in [5.74, 6) is -0.658. The van der Waals surface area contributed by atoms with Gasteiger partial charge in [0.15, 0.2) is 0 Å². The fraction of sp³-hybridized carbons (Fsp3) is 1.00. The lowest BCUT2D eigenvalue weighted by atomic mass is 10.1. The van der Waals surface area contributed by atoms with E-state index in [9.17, 15) is 0 Å². The Bertz CT molecular complexity index is 198. The van der Waals surface area contributed by atoms with Crippen LogP contribution >= 0.6 is 11.6 Å². The van der Waals surface area contributed by atoms with Gasteiger partial charge in [-0.05, 0) is 0 Å². The fourth-order valence-electron chi connectivity index (χ4n) is 2.04. The van der Waals surface area contributed by atoms with E-state index < -0.39 is 5.79 Å². The minimum atomic E-state index is -0.658. The van der Waals surface area contributed by atoms with Crippen LogP contribution in [-0.2, 0) is 14.2 Å². The first kappa shape index (κ1) is 9.68. The molecular weight excluding hydrogens is 194 g/mol. The zero-order valence-electron chi connectivity index (χ0n) is 7.75. The minimum absolute atomic E-state index is 0.00145. The van der Waals surface area contributed by atoms with Gasteiger partial charge in [-0.3, -0.25) is 0 Å². The van der Waals surface area contributed by atoms with Crippen molar-refractivity contribution in [1.29, 1.82) is 0 Å². The molecule has 0 spiro atoms. The second-order valence-electron chi connectivity index (χ2n) is 3.40. The lowest BCUT2D eigenvalue weighted by molar-refractivity contribution is -0.213. The van der Waals surface area contributed by atoms with Crippen LogP contribution < -0.4 is 5.32 Å². The van der Waals surface area contributed by atoms with Gasteiger partial charge in [-0.25, -0.2) is 0 Å². The normalized spacial score (nSPS) is 42.2. The van der Waals surface area contributed by atoms with E-state index in [-0.39, 0.29) is 17.5 Å². The maximum atomic E-state index is 6.06. The molecule has 2 aliphatic rings. The molecule has 2 fully saturated rings. The molecule has 0 radical (unpaired) electrons. The molecular formula is C8H14ClNO3. The molecule has 0 unspecified atom stereocenters. The van der Waals surface area contributed by atoms with Gasteiger partial charge < -0.3 is 19.5 Å². The van der Waals surface area contributed by atoms with Crippen molar-refractivity contribution in [2.45, 2.75) is 23.3 Å². The SMILES string of the molecule is COC1(OC)CO[C@@H]2[C@H](Cl)CN[C@@H]21. The average Bonchev–Trinajstić information content (AvgIpc) is 2.68.